The molecule has 2 saturated heterocycles. The molecule has 0 aliphatic carbocycles. The minimum Gasteiger partial charge on any atom is -0.467 e. The van der Waals surface area contributed by atoms with Gasteiger partial charge in [0.05, 0.1) is 19.5 Å². The molecule has 0 unspecified atom stereocenters. The standard InChI is InChI=1S/C25H32N4O4/c1-2-3-11-23(31)27-14-12-25(13-15-27)24(32)28(19-29(25)20-8-5-4-6-9-20)18-22(30)26-17-21-10-7-16-33-21/h4-10,16H,2-3,11-15,17-19H2,1H3,(H,26,30). The number of nitrogens with one attached hydrogen (secondary N) is 1. The molecule has 0 radical (unpaired) electrons. The lowest BCUT2D eigenvalue weighted by Gasteiger charge is -2.43. The van der Waals surface area contributed by atoms with Crippen molar-refractivity contribution >= 4 is 23.4 Å². The van der Waals surface area contributed by atoms with Crippen molar-refractivity contribution in [3.05, 3.63) is 54.5 Å². The maximum Gasteiger partial charge on any atom is 0.250 e. The van der Waals surface area contributed by atoms with Crippen LogP contribution in [0.3, 0.4) is 0 Å². The molecule has 2 aliphatic heterocycles. The van der Waals surface area contributed by atoms with E-state index in [0.29, 0.717) is 44.8 Å². The molecule has 0 atom stereocenters. The summed E-state index contributed by atoms with van der Waals surface area (Å²) in [5.74, 6) is 0.563. The summed E-state index contributed by atoms with van der Waals surface area (Å²) in [7, 11) is 0. The fourth-order valence-electron chi connectivity index (χ4n) is 4.76. The van der Waals surface area contributed by atoms with E-state index in [1.807, 2.05) is 35.2 Å². The molecule has 1 N–H and O–H groups in total. The lowest BCUT2D eigenvalue weighted by molar-refractivity contribution is -0.140. The van der Waals surface area contributed by atoms with Crippen molar-refractivity contribution in [2.75, 3.05) is 31.2 Å². The number of anilines is 1. The van der Waals surface area contributed by atoms with Crippen molar-refractivity contribution < 1.29 is 18.8 Å². The molecule has 3 amide bonds. The summed E-state index contributed by atoms with van der Waals surface area (Å²) in [5, 5.41) is 2.82. The normalized spacial score (nSPS) is 17.6. The molecule has 1 aromatic carbocycles. The first-order valence-corrected chi connectivity index (χ1v) is 11.7. The predicted molar refractivity (Wildman–Crippen MR) is 124 cm³/mol. The highest BCUT2D eigenvalue weighted by Crippen LogP contribution is 2.39. The molecule has 0 saturated carbocycles. The molecule has 3 heterocycles. The number of nitrogens with zero attached hydrogens (tertiary/aromatic N) is 3. The van der Waals surface area contributed by atoms with Gasteiger partial charge in [-0.3, -0.25) is 14.4 Å². The van der Waals surface area contributed by atoms with Crippen molar-refractivity contribution in [1.82, 2.24) is 15.1 Å². The van der Waals surface area contributed by atoms with E-state index in [4.69, 9.17) is 4.42 Å². The summed E-state index contributed by atoms with van der Waals surface area (Å²) in [5.41, 5.74) is 0.222. The number of piperidine rings is 1. The van der Waals surface area contributed by atoms with E-state index in [0.717, 1.165) is 18.5 Å². The van der Waals surface area contributed by atoms with Gasteiger partial charge >= 0.3 is 0 Å². The number of likely N-dealkylation sites (tertiary alicyclic amines) is 1. The molecule has 8 heteroatoms. The van der Waals surface area contributed by atoms with Crippen LogP contribution in [-0.4, -0.2) is 59.4 Å². The molecule has 2 aliphatic rings. The molecular weight excluding hydrogens is 420 g/mol. The second-order valence-corrected chi connectivity index (χ2v) is 8.78. The summed E-state index contributed by atoms with van der Waals surface area (Å²) in [4.78, 5) is 44.4. The zero-order chi connectivity index (χ0) is 23.3. The highest BCUT2D eigenvalue weighted by Gasteiger charge is 2.54. The van der Waals surface area contributed by atoms with Crippen LogP contribution in [0.25, 0.3) is 0 Å². The monoisotopic (exact) mass is 452 g/mol. The summed E-state index contributed by atoms with van der Waals surface area (Å²) < 4.78 is 5.26. The molecule has 1 aromatic heterocycles. The van der Waals surface area contributed by atoms with Crippen molar-refractivity contribution in [3.8, 4) is 0 Å². The Morgan fingerprint density at radius 2 is 1.85 bits per heavy atom. The number of carbonyl (C=O) groups is 3. The van der Waals surface area contributed by atoms with Crippen molar-refractivity contribution in [2.24, 2.45) is 0 Å². The Morgan fingerprint density at radius 1 is 1.09 bits per heavy atom. The highest BCUT2D eigenvalue weighted by molar-refractivity contribution is 5.96. The third-order valence-electron chi connectivity index (χ3n) is 6.64. The van der Waals surface area contributed by atoms with E-state index in [2.05, 4.69) is 17.1 Å². The molecule has 176 valence electrons. The fourth-order valence-corrected chi connectivity index (χ4v) is 4.76. The van der Waals surface area contributed by atoms with E-state index < -0.39 is 5.54 Å². The first kappa shape index (κ1) is 22.9. The summed E-state index contributed by atoms with van der Waals surface area (Å²) >= 11 is 0. The topological polar surface area (TPSA) is 86.1 Å². The number of furan rings is 1. The van der Waals surface area contributed by atoms with E-state index >= 15 is 0 Å². The number of carbonyl (C=O) groups excluding carboxylic acids is 3. The minimum absolute atomic E-state index is 0.0101. The van der Waals surface area contributed by atoms with Gasteiger partial charge < -0.3 is 24.4 Å². The maximum atomic E-state index is 13.7. The van der Waals surface area contributed by atoms with Crippen LogP contribution in [0, 0.1) is 0 Å². The van der Waals surface area contributed by atoms with Crippen LogP contribution in [-0.2, 0) is 20.9 Å². The minimum atomic E-state index is -0.732. The molecule has 0 bridgehead atoms. The predicted octanol–water partition coefficient (Wildman–Crippen LogP) is 2.75. The molecule has 2 aromatic rings. The zero-order valence-corrected chi connectivity index (χ0v) is 19.2. The van der Waals surface area contributed by atoms with E-state index in [9.17, 15) is 14.4 Å². The lowest BCUT2D eigenvalue weighted by Crippen LogP contribution is -2.57. The van der Waals surface area contributed by atoms with Gasteiger partial charge in [0.25, 0.3) is 5.91 Å². The molecule has 1 spiro atoms. The summed E-state index contributed by atoms with van der Waals surface area (Å²) in [6.07, 6.45) is 5.11. The molecule has 33 heavy (non-hydrogen) atoms. The van der Waals surface area contributed by atoms with Gasteiger partial charge in [-0.15, -0.1) is 0 Å². The second kappa shape index (κ2) is 10.1. The van der Waals surface area contributed by atoms with Crippen LogP contribution in [0.15, 0.2) is 53.1 Å². The Balaban J connectivity index is 1.46. The SMILES string of the molecule is CCCCC(=O)N1CCC2(CC1)C(=O)N(CC(=O)NCc1ccco1)CN2c1ccccc1. The number of hydrogen-bond donors (Lipinski definition) is 1. The first-order valence-electron chi connectivity index (χ1n) is 11.7. The molecular formula is C25H32N4O4. The third-order valence-corrected chi connectivity index (χ3v) is 6.64. The average Bonchev–Trinajstić information content (AvgIpc) is 3.45. The van der Waals surface area contributed by atoms with Crippen molar-refractivity contribution in [1.29, 1.82) is 0 Å². The Morgan fingerprint density at radius 3 is 2.52 bits per heavy atom. The van der Waals surface area contributed by atoms with Gasteiger partial charge in [0, 0.05) is 25.2 Å². The Kier molecular flexibility index (Phi) is 7.01. The number of benzene rings is 1. The third kappa shape index (κ3) is 4.89. The Bertz CT molecular complexity index is 952. The fraction of sp³-hybridized carbons (Fsp3) is 0.480. The van der Waals surface area contributed by atoms with Gasteiger partial charge in [-0.05, 0) is 43.5 Å². The van der Waals surface area contributed by atoms with Crippen LogP contribution >= 0.6 is 0 Å². The number of unbranched alkanes of at least 4 members (excludes halogenated alkanes) is 1. The second-order valence-electron chi connectivity index (χ2n) is 8.78. The van der Waals surface area contributed by atoms with Crippen LogP contribution in [0.1, 0.15) is 44.8 Å². The quantitative estimate of drug-likeness (QED) is 0.666. The number of amides is 3. The van der Waals surface area contributed by atoms with Crippen molar-refractivity contribution in [3.63, 3.8) is 0 Å². The van der Waals surface area contributed by atoms with Crippen LogP contribution in [0.4, 0.5) is 5.69 Å². The number of para-hydroxylation sites is 1. The van der Waals surface area contributed by atoms with Gasteiger partial charge in [0.15, 0.2) is 0 Å². The molecule has 8 nitrogen and oxygen atoms in total. The van der Waals surface area contributed by atoms with E-state index in [1.54, 1.807) is 23.3 Å². The summed E-state index contributed by atoms with van der Waals surface area (Å²) in [6.45, 7) is 3.81. The summed E-state index contributed by atoms with van der Waals surface area (Å²) in [6, 6.07) is 13.4. The maximum absolute atomic E-state index is 13.7. The highest BCUT2D eigenvalue weighted by atomic mass is 16.3. The van der Waals surface area contributed by atoms with E-state index in [1.165, 1.54) is 0 Å². The molecule has 2 fully saturated rings. The Labute approximate surface area is 194 Å². The van der Waals surface area contributed by atoms with Gasteiger partial charge in [0.1, 0.15) is 17.8 Å². The van der Waals surface area contributed by atoms with Crippen molar-refractivity contribution in [2.45, 2.75) is 51.1 Å². The largest absolute Gasteiger partial charge is 0.467 e. The zero-order valence-electron chi connectivity index (χ0n) is 19.2. The van der Waals surface area contributed by atoms with E-state index in [-0.39, 0.29) is 30.8 Å². The van der Waals surface area contributed by atoms with Gasteiger partial charge in [0.2, 0.25) is 11.8 Å². The number of rotatable bonds is 8. The van der Waals surface area contributed by atoms with Crippen LogP contribution < -0.4 is 10.2 Å². The van der Waals surface area contributed by atoms with Crippen LogP contribution in [0.5, 0.6) is 0 Å². The number of hydrogen-bond acceptors (Lipinski definition) is 5. The molecule has 4 rings (SSSR count). The van der Waals surface area contributed by atoms with Gasteiger partial charge in [-0.2, -0.15) is 0 Å². The van der Waals surface area contributed by atoms with Gasteiger partial charge in [-0.25, -0.2) is 0 Å². The average molecular weight is 453 g/mol. The smallest absolute Gasteiger partial charge is 0.250 e. The van der Waals surface area contributed by atoms with Gasteiger partial charge in [-0.1, -0.05) is 31.5 Å². The Hall–Kier alpha value is -3.29. The lowest BCUT2D eigenvalue weighted by atomic mass is 9.85. The first-order chi connectivity index (χ1) is 16.0. The van der Waals surface area contributed by atoms with Crippen LogP contribution in [0.2, 0.25) is 0 Å².